The summed E-state index contributed by atoms with van der Waals surface area (Å²) in [5, 5.41) is 4.92. The van der Waals surface area contributed by atoms with Gasteiger partial charge in [0.2, 0.25) is 0 Å². The van der Waals surface area contributed by atoms with Crippen molar-refractivity contribution >= 4 is 40.3 Å². The number of benzene rings is 2. The third-order valence-electron chi connectivity index (χ3n) is 5.35. The number of thiocarbonyl (C=S) groups is 1. The topological polar surface area (TPSA) is 47.4 Å². The molecule has 0 aliphatic carbocycles. The van der Waals surface area contributed by atoms with Crippen LogP contribution in [-0.4, -0.2) is 38.1 Å². The Labute approximate surface area is 210 Å². The fourth-order valence-corrected chi connectivity index (χ4v) is 4.89. The Morgan fingerprint density at radius 3 is 2.65 bits per heavy atom. The largest absolute Gasteiger partial charge is 0.493 e. The Hall–Kier alpha value is -3.16. The zero-order chi connectivity index (χ0) is 24.2. The fraction of sp³-hybridized carbons (Fsp3) is 0.222. The van der Waals surface area contributed by atoms with Gasteiger partial charge >= 0.3 is 0 Å². The van der Waals surface area contributed by atoms with E-state index in [2.05, 4.69) is 20.4 Å². The zero-order valence-corrected chi connectivity index (χ0v) is 21.2. The maximum atomic E-state index is 13.0. The third kappa shape index (κ3) is 5.00. The molecule has 0 saturated carbocycles. The number of thioether (sulfide) groups is 1. The van der Waals surface area contributed by atoms with Crippen LogP contribution in [0, 0.1) is 12.8 Å². The molecule has 0 spiro atoms. The molecular formula is C27H27N3O2S2. The molecule has 1 aliphatic heterocycles. The lowest BCUT2D eigenvalue weighted by atomic mass is 10.0. The van der Waals surface area contributed by atoms with Gasteiger partial charge < -0.3 is 4.74 Å². The van der Waals surface area contributed by atoms with E-state index in [0.29, 0.717) is 28.3 Å². The predicted octanol–water partition coefficient (Wildman–Crippen LogP) is 6.27. The Kier molecular flexibility index (Phi) is 7.34. The first-order chi connectivity index (χ1) is 16.4. The number of hydrogen-bond donors (Lipinski definition) is 0. The van der Waals surface area contributed by atoms with Crippen molar-refractivity contribution in [2.45, 2.75) is 20.8 Å². The standard InChI is InChI=1S/C27H27N3O2S2/c1-5-14-29-26(31)24(34-27(29)33)15-20-16-30(21-10-7-6-8-11-21)28-25(20)22-12-9-13-23(19(22)4)32-17-18(2)3/h5-13,15-16,18H,1,14,17H2,2-4H3. The van der Waals surface area contributed by atoms with Crippen molar-refractivity contribution in [3.63, 3.8) is 0 Å². The minimum atomic E-state index is -0.112. The van der Waals surface area contributed by atoms with Crippen LogP contribution in [0.1, 0.15) is 25.0 Å². The molecule has 0 N–H and O–H groups in total. The first-order valence-corrected chi connectivity index (χ1v) is 12.4. The smallest absolute Gasteiger partial charge is 0.266 e. The summed E-state index contributed by atoms with van der Waals surface area (Å²) in [7, 11) is 0. The normalized spacial score (nSPS) is 14.9. The van der Waals surface area contributed by atoms with Crippen molar-refractivity contribution in [2.75, 3.05) is 13.2 Å². The van der Waals surface area contributed by atoms with Gasteiger partial charge in [-0.15, -0.1) is 6.58 Å². The fourth-order valence-electron chi connectivity index (χ4n) is 3.63. The van der Waals surface area contributed by atoms with Crippen molar-refractivity contribution in [3.8, 4) is 22.7 Å². The molecule has 3 aromatic rings. The number of carbonyl (C=O) groups is 1. The van der Waals surface area contributed by atoms with Crippen LogP contribution in [-0.2, 0) is 4.79 Å². The molecule has 1 fully saturated rings. The second-order valence-electron chi connectivity index (χ2n) is 8.43. The summed E-state index contributed by atoms with van der Waals surface area (Å²) in [4.78, 5) is 15.1. The van der Waals surface area contributed by atoms with E-state index in [1.54, 1.807) is 11.0 Å². The quantitative estimate of drug-likeness (QED) is 0.212. The number of aromatic nitrogens is 2. The highest BCUT2D eigenvalue weighted by atomic mass is 32.2. The van der Waals surface area contributed by atoms with Gasteiger partial charge in [-0.1, -0.05) is 74.2 Å². The van der Waals surface area contributed by atoms with E-state index in [9.17, 15) is 4.79 Å². The summed E-state index contributed by atoms with van der Waals surface area (Å²) in [5.41, 5.74) is 4.53. The molecule has 2 heterocycles. The van der Waals surface area contributed by atoms with Crippen LogP contribution >= 0.6 is 24.0 Å². The van der Waals surface area contributed by atoms with Crippen LogP contribution in [0.25, 0.3) is 23.0 Å². The van der Waals surface area contributed by atoms with E-state index in [4.69, 9.17) is 22.1 Å². The van der Waals surface area contributed by atoms with E-state index in [1.807, 2.05) is 72.4 Å². The Morgan fingerprint density at radius 1 is 1.18 bits per heavy atom. The van der Waals surface area contributed by atoms with Crippen LogP contribution < -0.4 is 4.74 Å². The molecule has 0 bridgehead atoms. The summed E-state index contributed by atoms with van der Waals surface area (Å²) in [6, 6.07) is 15.9. The van der Waals surface area contributed by atoms with Gasteiger partial charge in [-0.3, -0.25) is 9.69 Å². The van der Waals surface area contributed by atoms with Gasteiger partial charge in [-0.05, 0) is 37.1 Å². The van der Waals surface area contributed by atoms with Crippen LogP contribution in [0.5, 0.6) is 5.75 Å². The molecule has 4 rings (SSSR count). The minimum absolute atomic E-state index is 0.112. The van der Waals surface area contributed by atoms with E-state index < -0.39 is 0 Å². The molecule has 1 amide bonds. The second-order valence-corrected chi connectivity index (χ2v) is 10.1. The van der Waals surface area contributed by atoms with E-state index in [1.165, 1.54) is 11.8 Å². The maximum absolute atomic E-state index is 13.0. The van der Waals surface area contributed by atoms with Crippen LogP contribution in [0.2, 0.25) is 0 Å². The van der Waals surface area contributed by atoms with Crippen molar-refractivity contribution < 1.29 is 9.53 Å². The van der Waals surface area contributed by atoms with Crippen molar-refractivity contribution in [1.29, 1.82) is 0 Å². The van der Waals surface area contributed by atoms with Crippen LogP contribution in [0.15, 0.2) is 72.3 Å². The van der Waals surface area contributed by atoms with Gasteiger partial charge in [0.25, 0.3) is 5.91 Å². The number of rotatable bonds is 8. The van der Waals surface area contributed by atoms with Crippen molar-refractivity contribution in [3.05, 3.63) is 83.4 Å². The monoisotopic (exact) mass is 489 g/mol. The maximum Gasteiger partial charge on any atom is 0.266 e. The number of amides is 1. The summed E-state index contributed by atoms with van der Waals surface area (Å²) < 4.78 is 8.43. The molecule has 0 unspecified atom stereocenters. The molecule has 0 atom stereocenters. The first kappa shape index (κ1) is 24.0. The molecular weight excluding hydrogens is 462 g/mol. The molecule has 0 radical (unpaired) electrons. The third-order valence-corrected chi connectivity index (χ3v) is 6.72. The summed E-state index contributed by atoms with van der Waals surface area (Å²) >= 11 is 6.72. The average Bonchev–Trinajstić information content (AvgIpc) is 3.35. The molecule has 1 saturated heterocycles. The first-order valence-electron chi connectivity index (χ1n) is 11.1. The second kappa shape index (κ2) is 10.4. The number of nitrogens with zero attached hydrogens (tertiary/aromatic N) is 3. The molecule has 5 nitrogen and oxygen atoms in total. The zero-order valence-electron chi connectivity index (χ0n) is 19.5. The van der Waals surface area contributed by atoms with Gasteiger partial charge in [0.1, 0.15) is 15.8 Å². The van der Waals surface area contributed by atoms with E-state index in [0.717, 1.165) is 33.8 Å². The molecule has 34 heavy (non-hydrogen) atoms. The number of hydrogen-bond acceptors (Lipinski definition) is 5. The highest BCUT2D eigenvalue weighted by Gasteiger charge is 2.31. The number of ether oxygens (including phenoxy) is 1. The van der Waals surface area contributed by atoms with Gasteiger partial charge in [0.15, 0.2) is 0 Å². The molecule has 1 aliphatic rings. The van der Waals surface area contributed by atoms with Crippen LogP contribution in [0.3, 0.4) is 0 Å². The van der Waals surface area contributed by atoms with Crippen LogP contribution in [0.4, 0.5) is 0 Å². The van der Waals surface area contributed by atoms with Gasteiger partial charge in [0, 0.05) is 29.4 Å². The highest BCUT2D eigenvalue weighted by molar-refractivity contribution is 8.26. The molecule has 7 heteroatoms. The Balaban J connectivity index is 1.81. The minimum Gasteiger partial charge on any atom is -0.493 e. The van der Waals surface area contributed by atoms with E-state index >= 15 is 0 Å². The predicted molar refractivity (Wildman–Crippen MR) is 144 cm³/mol. The van der Waals surface area contributed by atoms with Gasteiger partial charge in [-0.2, -0.15) is 5.10 Å². The number of carbonyl (C=O) groups excluding carboxylic acids is 1. The summed E-state index contributed by atoms with van der Waals surface area (Å²) in [5.74, 6) is 1.15. The number of para-hydroxylation sites is 1. The summed E-state index contributed by atoms with van der Waals surface area (Å²) in [6.07, 6.45) is 5.51. The molecule has 1 aromatic heterocycles. The Bertz CT molecular complexity index is 1260. The lowest BCUT2D eigenvalue weighted by Crippen LogP contribution is -2.27. The Morgan fingerprint density at radius 2 is 1.94 bits per heavy atom. The molecule has 174 valence electrons. The lowest BCUT2D eigenvalue weighted by Gasteiger charge is -2.14. The van der Waals surface area contributed by atoms with Gasteiger partial charge in [-0.25, -0.2) is 4.68 Å². The lowest BCUT2D eigenvalue weighted by molar-refractivity contribution is -0.121. The average molecular weight is 490 g/mol. The SMILES string of the molecule is C=CCN1C(=O)C(=Cc2cn(-c3ccccc3)nc2-c2cccc(OCC(C)C)c2C)SC1=S. The molecule has 2 aromatic carbocycles. The van der Waals surface area contributed by atoms with Gasteiger partial charge in [0.05, 0.1) is 17.2 Å². The van der Waals surface area contributed by atoms with Crippen molar-refractivity contribution in [2.24, 2.45) is 5.92 Å². The van der Waals surface area contributed by atoms with Crippen molar-refractivity contribution in [1.82, 2.24) is 14.7 Å². The summed E-state index contributed by atoms with van der Waals surface area (Å²) in [6.45, 7) is 11.1. The highest BCUT2D eigenvalue weighted by Crippen LogP contribution is 2.37. The van der Waals surface area contributed by atoms with E-state index in [-0.39, 0.29) is 5.91 Å².